The molecule has 122 valence electrons. The lowest BCUT2D eigenvalue weighted by Crippen LogP contribution is -2.45. The topological polar surface area (TPSA) is 68.2 Å². The molecule has 1 fully saturated rings. The standard InChI is InChI=1S/C17H22N4O2/c1-12-10-21(11-19-12)15-6-5-13(8-16(15)23-2)17(22)20-14-4-3-7-18-9-14/h5-6,8,10-11,14,18H,3-4,7,9H2,1-2H3,(H,20,22)/t14-/m1/s1. The summed E-state index contributed by atoms with van der Waals surface area (Å²) in [5.41, 5.74) is 2.40. The van der Waals surface area contributed by atoms with Crippen molar-refractivity contribution in [1.82, 2.24) is 20.2 Å². The number of ether oxygens (including phenoxy) is 1. The molecule has 0 radical (unpaired) electrons. The van der Waals surface area contributed by atoms with E-state index >= 15 is 0 Å². The van der Waals surface area contributed by atoms with E-state index in [1.807, 2.05) is 29.8 Å². The van der Waals surface area contributed by atoms with Gasteiger partial charge in [0, 0.05) is 24.3 Å². The number of amides is 1. The Morgan fingerprint density at radius 2 is 2.35 bits per heavy atom. The van der Waals surface area contributed by atoms with Gasteiger partial charge in [0.1, 0.15) is 5.75 Å². The van der Waals surface area contributed by atoms with Crippen LogP contribution in [0.3, 0.4) is 0 Å². The van der Waals surface area contributed by atoms with Crippen LogP contribution in [-0.4, -0.2) is 41.7 Å². The van der Waals surface area contributed by atoms with Gasteiger partial charge in [-0.25, -0.2) is 4.98 Å². The maximum atomic E-state index is 12.4. The van der Waals surface area contributed by atoms with Crippen molar-refractivity contribution in [2.75, 3.05) is 20.2 Å². The molecule has 1 aromatic carbocycles. The predicted octanol–water partition coefficient (Wildman–Crippen LogP) is 1.67. The Morgan fingerprint density at radius 3 is 3.00 bits per heavy atom. The van der Waals surface area contributed by atoms with Gasteiger partial charge < -0.3 is 19.9 Å². The zero-order valence-corrected chi connectivity index (χ0v) is 13.5. The van der Waals surface area contributed by atoms with Crippen LogP contribution in [0, 0.1) is 6.92 Å². The van der Waals surface area contributed by atoms with Gasteiger partial charge >= 0.3 is 0 Å². The van der Waals surface area contributed by atoms with Crippen LogP contribution in [0.4, 0.5) is 0 Å². The monoisotopic (exact) mass is 314 g/mol. The van der Waals surface area contributed by atoms with Crippen LogP contribution < -0.4 is 15.4 Å². The second-order valence-corrected chi connectivity index (χ2v) is 5.83. The van der Waals surface area contributed by atoms with Crippen molar-refractivity contribution >= 4 is 5.91 Å². The van der Waals surface area contributed by atoms with E-state index in [0.29, 0.717) is 11.3 Å². The van der Waals surface area contributed by atoms with Gasteiger partial charge in [-0.1, -0.05) is 0 Å². The fourth-order valence-electron chi connectivity index (χ4n) is 2.83. The molecule has 6 heteroatoms. The van der Waals surface area contributed by atoms with E-state index in [1.54, 1.807) is 19.5 Å². The SMILES string of the molecule is COc1cc(C(=O)N[C@@H]2CCCNC2)ccc1-n1cnc(C)c1. The Labute approximate surface area is 135 Å². The normalized spacial score (nSPS) is 17.7. The Kier molecular flexibility index (Phi) is 4.62. The highest BCUT2D eigenvalue weighted by atomic mass is 16.5. The first-order valence-corrected chi connectivity index (χ1v) is 7.88. The molecule has 0 unspecified atom stereocenters. The fraction of sp³-hybridized carbons (Fsp3) is 0.412. The summed E-state index contributed by atoms with van der Waals surface area (Å²) < 4.78 is 7.34. The van der Waals surface area contributed by atoms with Gasteiger partial charge in [-0.2, -0.15) is 0 Å². The molecule has 0 saturated carbocycles. The Hall–Kier alpha value is -2.34. The summed E-state index contributed by atoms with van der Waals surface area (Å²) in [4.78, 5) is 16.6. The van der Waals surface area contributed by atoms with Crippen LogP contribution >= 0.6 is 0 Å². The third-order valence-electron chi connectivity index (χ3n) is 4.06. The smallest absolute Gasteiger partial charge is 0.251 e. The minimum Gasteiger partial charge on any atom is -0.495 e. The van der Waals surface area contributed by atoms with Crippen molar-refractivity contribution in [3.05, 3.63) is 42.0 Å². The molecule has 1 aromatic heterocycles. The quantitative estimate of drug-likeness (QED) is 0.901. The van der Waals surface area contributed by atoms with E-state index in [2.05, 4.69) is 15.6 Å². The molecular formula is C17H22N4O2. The summed E-state index contributed by atoms with van der Waals surface area (Å²) >= 11 is 0. The Balaban J connectivity index is 1.79. The number of aromatic nitrogens is 2. The molecule has 1 aliphatic heterocycles. The first-order valence-electron chi connectivity index (χ1n) is 7.88. The number of nitrogens with zero attached hydrogens (tertiary/aromatic N) is 2. The molecule has 3 rings (SSSR count). The van der Waals surface area contributed by atoms with Gasteiger partial charge in [0.15, 0.2) is 0 Å². The molecule has 2 N–H and O–H groups in total. The number of hydrogen-bond donors (Lipinski definition) is 2. The van der Waals surface area contributed by atoms with E-state index in [1.165, 1.54) is 0 Å². The minimum atomic E-state index is -0.0645. The highest BCUT2D eigenvalue weighted by Gasteiger charge is 2.17. The van der Waals surface area contributed by atoms with Crippen molar-refractivity contribution in [2.24, 2.45) is 0 Å². The molecule has 1 amide bonds. The average molecular weight is 314 g/mol. The third-order valence-corrected chi connectivity index (χ3v) is 4.06. The molecular weight excluding hydrogens is 292 g/mol. The fourth-order valence-corrected chi connectivity index (χ4v) is 2.83. The molecule has 2 aromatic rings. The number of hydrogen-bond acceptors (Lipinski definition) is 4. The maximum Gasteiger partial charge on any atom is 0.251 e. The average Bonchev–Trinajstić information content (AvgIpc) is 3.01. The minimum absolute atomic E-state index is 0.0645. The lowest BCUT2D eigenvalue weighted by Gasteiger charge is -2.24. The van der Waals surface area contributed by atoms with E-state index in [0.717, 1.165) is 37.3 Å². The molecule has 0 aliphatic carbocycles. The van der Waals surface area contributed by atoms with Crippen LogP contribution in [0.2, 0.25) is 0 Å². The van der Waals surface area contributed by atoms with Crippen LogP contribution in [0.25, 0.3) is 5.69 Å². The largest absolute Gasteiger partial charge is 0.495 e. The Morgan fingerprint density at radius 1 is 1.48 bits per heavy atom. The van der Waals surface area contributed by atoms with Gasteiger partial charge in [0.05, 0.1) is 24.8 Å². The number of rotatable bonds is 4. The van der Waals surface area contributed by atoms with Gasteiger partial charge in [-0.3, -0.25) is 4.79 Å². The second-order valence-electron chi connectivity index (χ2n) is 5.83. The van der Waals surface area contributed by atoms with Crippen molar-refractivity contribution in [3.8, 4) is 11.4 Å². The maximum absolute atomic E-state index is 12.4. The van der Waals surface area contributed by atoms with Gasteiger partial charge in [-0.15, -0.1) is 0 Å². The predicted molar refractivity (Wildman–Crippen MR) is 88.2 cm³/mol. The van der Waals surface area contributed by atoms with E-state index in [9.17, 15) is 4.79 Å². The van der Waals surface area contributed by atoms with Crippen LogP contribution in [0.15, 0.2) is 30.7 Å². The lowest BCUT2D eigenvalue weighted by atomic mass is 10.1. The van der Waals surface area contributed by atoms with Crippen molar-refractivity contribution < 1.29 is 9.53 Å². The number of carbonyl (C=O) groups excluding carboxylic acids is 1. The van der Waals surface area contributed by atoms with Crippen molar-refractivity contribution in [3.63, 3.8) is 0 Å². The summed E-state index contributed by atoms with van der Waals surface area (Å²) in [6, 6.07) is 5.67. The number of aryl methyl sites for hydroxylation is 1. The number of piperidine rings is 1. The molecule has 6 nitrogen and oxygen atoms in total. The molecule has 2 heterocycles. The molecule has 23 heavy (non-hydrogen) atoms. The molecule has 0 bridgehead atoms. The highest BCUT2D eigenvalue weighted by Crippen LogP contribution is 2.24. The van der Waals surface area contributed by atoms with E-state index < -0.39 is 0 Å². The van der Waals surface area contributed by atoms with Gasteiger partial charge in [-0.05, 0) is 44.5 Å². The third kappa shape index (κ3) is 3.53. The lowest BCUT2D eigenvalue weighted by molar-refractivity contribution is 0.0930. The molecule has 0 spiro atoms. The van der Waals surface area contributed by atoms with Crippen LogP contribution in [-0.2, 0) is 0 Å². The van der Waals surface area contributed by atoms with Crippen LogP contribution in [0.5, 0.6) is 5.75 Å². The number of nitrogens with one attached hydrogen (secondary N) is 2. The Bertz CT molecular complexity index is 690. The summed E-state index contributed by atoms with van der Waals surface area (Å²) in [5, 5.41) is 6.37. The summed E-state index contributed by atoms with van der Waals surface area (Å²) in [6.07, 6.45) is 5.77. The summed E-state index contributed by atoms with van der Waals surface area (Å²) in [7, 11) is 1.61. The summed E-state index contributed by atoms with van der Waals surface area (Å²) in [5.74, 6) is 0.585. The number of imidazole rings is 1. The number of benzene rings is 1. The summed E-state index contributed by atoms with van der Waals surface area (Å²) in [6.45, 7) is 3.79. The molecule has 1 saturated heterocycles. The zero-order valence-electron chi connectivity index (χ0n) is 13.5. The van der Waals surface area contributed by atoms with E-state index in [4.69, 9.17) is 4.74 Å². The molecule has 1 atom stereocenters. The van der Waals surface area contributed by atoms with Crippen molar-refractivity contribution in [2.45, 2.75) is 25.8 Å². The first-order chi connectivity index (χ1) is 11.2. The second kappa shape index (κ2) is 6.83. The van der Waals surface area contributed by atoms with E-state index in [-0.39, 0.29) is 11.9 Å². The van der Waals surface area contributed by atoms with Crippen LogP contribution in [0.1, 0.15) is 28.9 Å². The number of methoxy groups -OCH3 is 1. The highest BCUT2D eigenvalue weighted by molar-refractivity contribution is 5.95. The van der Waals surface area contributed by atoms with Gasteiger partial charge in [0.2, 0.25) is 0 Å². The number of carbonyl (C=O) groups is 1. The zero-order chi connectivity index (χ0) is 16.2. The first kappa shape index (κ1) is 15.6. The van der Waals surface area contributed by atoms with Crippen molar-refractivity contribution in [1.29, 1.82) is 0 Å². The molecule has 1 aliphatic rings. The van der Waals surface area contributed by atoms with Gasteiger partial charge in [0.25, 0.3) is 5.91 Å².